The number of nitrogens with zero attached hydrogens (tertiary/aromatic N) is 3. The van der Waals surface area contributed by atoms with Crippen molar-refractivity contribution in [3.63, 3.8) is 0 Å². The number of rotatable bonds is 4. The molecule has 3 aromatic rings. The Kier molecular flexibility index (Phi) is 4.52. The molecule has 0 saturated carbocycles. The minimum absolute atomic E-state index is 0.0566. The number of sulfonamides is 1. The maximum Gasteiger partial charge on any atom is 0.312 e. The van der Waals surface area contributed by atoms with Crippen molar-refractivity contribution in [1.82, 2.24) is 4.98 Å². The van der Waals surface area contributed by atoms with E-state index in [0.29, 0.717) is 24.6 Å². The Balaban J connectivity index is 1.71. The van der Waals surface area contributed by atoms with Gasteiger partial charge in [0.15, 0.2) is 16.4 Å². The number of fused-ring (bicyclic) bond motifs is 1. The van der Waals surface area contributed by atoms with Crippen LogP contribution in [0.3, 0.4) is 0 Å². The Hall–Kier alpha value is -2.98. The van der Waals surface area contributed by atoms with E-state index in [2.05, 4.69) is 4.98 Å². The number of nitrogens with two attached hydrogens (primary N) is 1. The molecule has 1 fully saturated rings. The predicted octanol–water partition coefficient (Wildman–Crippen LogP) is 2.77. The number of aromatic nitrogens is 1. The lowest BCUT2D eigenvalue weighted by molar-refractivity contribution is -0.387. The van der Waals surface area contributed by atoms with Gasteiger partial charge >= 0.3 is 5.69 Å². The summed E-state index contributed by atoms with van der Waals surface area (Å²) >= 11 is 0. The van der Waals surface area contributed by atoms with E-state index in [1.807, 2.05) is 24.3 Å². The van der Waals surface area contributed by atoms with Gasteiger partial charge in [0.25, 0.3) is 0 Å². The zero-order valence-electron chi connectivity index (χ0n) is 14.8. The summed E-state index contributed by atoms with van der Waals surface area (Å²) in [6, 6.07) is 11.6. The van der Waals surface area contributed by atoms with Crippen molar-refractivity contribution in [1.29, 1.82) is 0 Å². The first-order valence-corrected chi connectivity index (χ1v) is 10.3. The van der Waals surface area contributed by atoms with Gasteiger partial charge < -0.3 is 9.32 Å². The van der Waals surface area contributed by atoms with Gasteiger partial charge in [-0.2, -0.15) is 0 Å². The lowest BCUT2D eigenvalue weighted by atomic mass is 9.97. The van der Waals surface area contributed by atoms with Crippen LogP contribution in [0.2, 0.25) is 0 Å². The van der Waals surface area contributed by atoms with Crippen molar-refractivity contribution in [2.24, 2.45) is 5.14 Å². The number of anilines is 1. The van der Waals surface area contributed by atoms with Gasteiger partial charge in [0.05, 0.1) is 10.8 Å². The lowest BCUT2D eigenvalue weighted by Gasteiger charge is -2.32. The molecule has 2 aromatic carbocycles. The van der Waals surface area contributed by atoms with Crippen LogP contribution in [0.15, 0.2) is 51.8 Å². The summed E-state index contributed by atoms with van der Waals surface area (Å²) in [7, 11) is -4.22. The predicted molar refractivity (Wildman–Crippen MR) is 103 cm³/mol. The molecule has 0 spiro atoms. The van der Waals surface area contributed by atoms with Crippen molar-refractivity contribution in [3.05, 3.63) is 58.5 Å². The number of hydrogen-bond donors (Lipinski definition) is 1. The van der Waals surface area contributed by atoms with Crippen molar-refractivity contribution in [2.45, 2.75) is 23.7 Å². The van der Waals surface area contributed by atoms with Gasteiger partial charge in [-0.25, -0.2) is 18.5 Å². The summed E-state index contributed by atoms with van der Waals surface area (Å²) in [5.74, 6) is 0.523. The van der Waals surface area contributed by atoms with Crippen molar-refractivity contribution in [2.75, 3.05) is 18.0 Å². The summed E-state index contributed by atoms with van der Waals surface area (Å²) in [5.41, 5.74) is 1.19. The standard InChI is InChI=1S/C18H18N4O5S/c19-28(25,26)16-9-3-7-14(17(16)22(23)24)21-10-4-5-12(11-21)18-20-13-6-1-2-8-15(13)27-18/h1-3,6-9,12H,4-5,10-11H2,(H2,19,25,26). The third-order valence-electron chi connectivity index (χ3n) is 4.89. The summed E-state index contributed by atoms with van der Waals surface area (Å²) < 4.78 is 29.5. The zero-order chi connectivity index (χ0) is 19.9. The average Bonchev–Trinajstić information content (AvgIpc) is 3.11. The lowest BCUT2D eigenvalue weighted by Crippen LogP contribution is -2.35. The van der Waals surface area contributed by atoms with E-state index < -0.39 is 25.5 Å². The highest BCUT2D eigenvalue weighted by atomic mass is 32.2. The molecule has 1 saturated heterocycles. The number of benzene rings is 2. The number of piperidine rings is 1. The van der Waals surface area contributed by atoms with Gasteiger partial charge in [0.2, 0.25) is 10.0 Å². The number of nitro benzene ring substituents is 1. The minimum Gasteiger partial charge on any atom is -0.440 e. The van der Waals surface area contributed by atoms with Gasteiger partial charge in [0.1, 0.15) is 11.2 Å². The summed E-state index contributed by atoms with van der Waals surface area (Å²) in [6.07, 6.45) is 1.59. The van der Waals surface area contributed by atoms with E-state index in [9.17, 15) is 18.5 Å². The molecule has 1 unspecified atom stereocenters. The Morgan fingerprint density at radius 2 is 2.00 bits per heavy atom. The van der Waals surface area contributed by atoms with Crippen molar-refractivity contribution < 1.29 is 17.8 Å². The van der Waals surface area contributed by atoms with E-state index in [-0.39, 0.29) is 11.6 Å². The van der Waals surface area contributed by atoms with Crippen molar-refractivity contribution in [3.8, 4) is 0 Å². The average molecular weight is 402 g/mol. The van der Waals surface area contributed by atoms with E-state index in [4.69, 9.17) is 9.56 Å². The molecule has 2 heterocycles. The fraction of sp³-hybridized carbons (Fsp3) is 0.278. The van der Waals surface area contributed by atoms with Gasteiger partial charge in [-0.3, -0.25) is 10.1 Å². The monoisotopic (exact) mass is 402 g/mol. The van der Waals surface area contributed by atoms with E-state index in [1.54, 1.807) is 11.0 Å². The zero-order valence-corrected chi connectivity index (χ0v) is 15.6. The molecule has 146 valence electrons. The quantitative estimate of drug-likeness (QED) is 0.524. The Labute approximate surface area is 161 Å². The third-order valence-corrected chi connectivity index (χ3v) is 5.83. The highest BCUT2D eigenvalue weighted by molar-refractivity contribution is 7.89. The molecule has 0 bridgehead atoms. The van der Waals surface area contributed by atoms with E-state index in [0.717, 1.165) is 24.4 Å². The molecule has 10 heteroatoms. The first kappa shape index (κ1) is 18.4. The molecule has 0 radical (unpaired) electrons. The summed E-state index contributed by atoms with van der Waals surface area (Å²) in [4.78, 5) is 16.8. The smallest absolute Gasteiger partial charge is 0.312 e. The number of para-hydroxylation sites is 3. The van der Waals surface area contributed by atoms with Crippen LogP contribution < -0.4 is 10.0 Å². The first-order valence-electron chi connectivity index (χ1n) is 8.75. The minimum atomic E-state index is -4.22. The van der Waals surface area contributed by atoms with Gasteiger partial charge in [-0.15, -0.1) is 0 Å². The number of nitro groups is 1. The van der Waals surface area contributed by atoms with Crippen LogP contribution in [0, 0.1) is 10.1 Å². The first-order chi connectivity index (χ1) is 13.3. The second-order valence-electron chi connectivity index (χ2n) is 6.73. The van der Waals surface area contributed by atoms with Crippen LogP contribution in [-0.4, -0.2) is 31.4 Å². The molecule has 0 aliphatic carbocycles. The molecule has 2 N–H and O–H groups in total. The maximum atomic E-state index is 11.8. The third kappa shape index (κ3) is 3.32. The highest BCUT2D eigenvalue weighted by Crippen LogP contribution is 2.38. The van der Waals surface area contributed by atoms with Crippen molar-refractivity contribution >= 4 is 32.5 Å². The normalized spacial score (nSPS) is 17.8. The SMILES string of the molecule is NS(=O)(=O)c1cccc(N2CCCC(c3nc4ccccc4o3)C2)c1[N+](=O)[O-]. The molecular weight excluding hydrogens is 384 g/mol. The van der Waals surface area contributed by atoms with E-state index >= 15 is 0 Å². The van der Waals surface area contributed by atoms with Crippen LogP contribution in [0.1, 0.15) is 24.7 Å². The molecule has 1 atom stereocenters. The summed E-state index contributed by atoms with van der Waals surface area (Å²) in [5, 5.41) is 16.8. The number of oxazole rings is 1. The van der Waals surface area contributed by atoms with Crippen LogP contribution in [0.5, 0.6) is 0 Å². The topological polar surface area (TPSA) is 133 Å². The van der Waals surface area contributed by atoms with Gasteiger partial charge in [0, 0.05) is 13.1 Å². The highest BCUT2D eigenvalue weighted by Gasteiger charge is 2.33. The Morgan fingerprint density at radius 3 is 2.71 bits per heavy atom. The number of hydrogen-bond acceptors (Lipinski definition) is 7. The van der Waals surface area contributed by atoms with E-state index in [1.165, 1.54) is 6.07 Å². The molecule has 0 amide bonds. The maximum absolute atomic E-state index is 11.8. The van der Waals surface area contributed by atoms with Crippen LogP contribution in [0.4, 0.5) is 11.4 Å². The fourth-order valence-electron chi connectivity index (χ4n) is 3.64. The van der Waals surface area contributed by atoms with Crippen LogP contribution >= 0.6 is 0 Å². The Bertz CT molecular complexity index is 1120. The second kappa shape index (κ2) is 6.88. The molecule has 1 aliphatic rings. The number of primary sulfonamides is 1. The second-order valence-corrected chi connectivity index (χ2v) is 8.26. The summed E-state index contributed by atoms with van der Waals surface area (Å²) in [6.45, 7) is 0.993. The van der Waals surface area contributed by atoms with Crippen LogP contribution in [0.25, 0.3) is 11.1 Å². The molecule has 1 aliphatic heterocycles. The molecule has 1 aromatic heterocycles. The Morgan fingerprint density at radius 1 is 1.21 bits per heavy atom. The molecule has 28 heavy (non-hydrogen) atoms. The van der Waals surface area contributed by atoms with Crippen LogP contribution in [-0.2, 0) is 10.0 Å². The molecule has 9 nitrogen and oxygen atoms in total. The van der Waals surface area contributed by atoms with Gasteiger partial charge in [-0.1, -0.05) is 18.2 Å². The van der Waals surface area contributed by atoms with Gasteiger partial charge in [-0.05, 0) is 37.1 Å². The molecule has 4 rings (SSSR count). The molecular formula is C18H18N4O5S. The fourth-order valence-corrected chi connectivity index (χ4v) is 4.36. The largest absolute Gasteiger partial charge is 0.440 e.